The van der Waals surface area contributed by atoms with Crippen molar-refractivity contribution in [2.24, 2.45) is 0 Å². The highest BCUT2D eigenvalue weighted by Crippen LogP contribution is 2.24. The molecule has 0 aliphatic rings. The molecule has 0 aliphatic carbocycles. The summed E-state index contributed by atoms with van der Waals surface area (Å²) in [6.45, 7) is 3.60. The Labute approximate surface area is 108 Å². The van der Waals surface area contributed by atoms with Gasteiger partial charge >= 0.3 is 5.97 Å². The molecule has 0 aliphatic heterocycles. The molecule has 0 bridgehead atoms. The minimum Gasteiger partial charge on any atom is -0.480 e. The summed E-state index contributed by atoms with van der Waals surface area (Å²) < 4.78 is 5.41. The predicted octanol–water partition coefficient (Wildman–Crippen LogP) is 1.68. The summed E-state index contributed by atoms with van der Waals surface area (Å²) in [5.74, 6) is 0.0243. The Kier molecular flexibility index (Phi) is 5.88. The molecule has 1 heterocycles. The molecule has 102 valence electrons. The highest BCUT2D eigenvalue weighted by Gasteiger charge is 2.22. The van der Waals surface area contributed by atoms with Gasteiger partial charge in [0.05, 0.1) is 18.8 Å². The first-order chi connectivity index (χ1) is 8.54. The first kappa shape index (κ1) is 14.7. The first-order valence-corrected chi connectivity index (χ1v) is 6.18. The molecule has 0 aromatic carbocycles. The molecule has 1 aromatic rings. The Morgan fingerprint density at radius 1 is 1.44 bits per heavy atom. The van der Waals surface area contributed by atoms with E-state index >= 15 is 0 Å². The molecule has 1 unspecified atom stereocenters. The Bertz CT molecular complexity index is 349. The third-order valence-corrected chi connectivity index (χ3v) is 2.87. The summed E-state index contributed by atoms with van der Waals surface area (Å²) >= 11 is 0. The standard InChI is InChI=1S/C13H22N2O3/c1-4-11(12-6-5-9-18-12)15(10-13(16)17)8-7-14(2)3/h5-6,9,11H,4,7-8,10H2,1-3H3,(H,16,17). The van der Waals surface area contributed by atoms with Crippen LogP contribution in [0, 0.1) is 0 Å². The van der Waals surface area contributed by atoms with Gasteiger partial charge in [-0.2, -0.15) is 0 Å². The van der Waals surface area contributed by atoms with Crippen LogP contribution in [0.2, 0.25) is 0 Å². The fourth-order valence-electron chi connectivity index (χ4n) is 1.97. The van der Waals surface area contributed by atoms with Gasteiger partial charge in [-0.15, -0.1) is 0 Å². The predicted molar refractivity (Wildman–Crippen MR) is 69.5 cm³/mol. The van der Waals surface area contributed by atoms with Crippen molar-refractivity contribution in [1.29, 1.82) is 0 Å². The quantitative estimate of drug-likeness (QED) is 0.765. The van der Waals surface area contributed by atoms with Gasteiger partial charge in [-0.05, 0) is 32.6 Å². The number of carboxylic acid groups (broad SMARTS) is 1. The van der Waals surface area contributed by atoms with E-state index in [1.54, 1.807) is 6.26 Å². The number of carboxylic acids is 1. The zero-order valence-electron chi connectivity index (χ0n) is 11.3. The number of hydrogen-bond donors (Lipinski definition) is 1. The Morgan fingerprint density at radius 2 is 2.17 bits per heavy atom. The lowest BCUT2D eigenvalue weighted by Crippen LogP contribution is -2.38. The number of likely N-dealkylation sites (N-methyl/N-ethyl adjacent to an activating group) is 1. The van der Waals surface area contributed by atoms with Crippen molar-refractivity contribution in [3.63, 3.8) is 0 Å². The number of carbonyl (C=O) groups is 1. The maximum Gasteiger partial charge on any atom is 0.317 e. The van der Waals surface area contributed by atoms with Crippen molar-refractivity contribution in [2.75, 3.05) is 33.7 Å². The molecule has 5 nitrogen and oxygen atoms in total. The van der Waals surface area contributed by atoms with Crippen molar-refractivity contribution < 1.29 is 14.3 Å². The molecule has 1 atom stereocenters. The molecule has 18 heavy (non-hydrogen) atoms. The van der Waals surface area contributed by atoms with Gasteiger partial charge < -0.3 is 14.4 Å². The van der Waals surface area contributed by atoms with E-state index in [1.807, 2.05) is 43.0 Å². The number of hydrogen-bond acceptors (Lipinski definition) is 4. The average molecular weight is 254 g/mol. The monoisotopic (exact) mass is 254 g/mol. The van der Waals surface area contributed by atoms with Crippen LogP contribution in [0.3, 0.4) is 0 Å². The minimum atomic E-state index is -0.807. The van der Waals surface area contributed by atoms with E-state index in [-0.39, 0.29) is 12.6 Å². The Balaban J connectivity index is 2.75. The highest BCUT2D eigenvalue weighted by molar-refractivity contribution is 5.69. The lowest BCUT2D eigenvalue weighted by molar-refractivity contribution is -0.139. The second-order valence-electron chi connectivity index (χ2n) is 4.61. The minimum absolute atomic E-state index is 0.0241. The molecule has 0 amide bonds. The topological polar surface area (TPSA) is 56.9 Å². The zero-order valence-corrected chi connectivity index (χ0v) is 11.3. The molecule has 0 saturated heterocycles. The van der Waals surface area contributed by atoms with Crippen LogP contribution in [0.25, 0.3) is 0 Å². The van der Waals surface area contributed by atoms with E-state index in [4.69, 9.17) is 9.52 Å². The van der Waals surface area contributed by atoms with Crippen molar-refractivity contribution >= 4 is 5.97 Å². The van der Waals surface area contributed by atoms with Crippen molar-refractivity contribution in [1.82, 2.24) is 9.80 Å². The van der Waals surface area contributed by atoms with Crippen LogP contribution in [0.4, 0.5) is 0 Å². The van der Waals surface area contributed by atoms with Crippen LogP contribution in [-0.2, 0) is 4.79 Å². The largest absolute Gasteiger partial charge is 0.480 e. The van der Waals surface area contributed by atoms with E-state index in [9.17, 15) is 4.79 Å². The summed E-state index contributed by atoms with van der Waals surface area (Å²) in [6.07, 6.45) is 2.46. The molecule has 0 saturated carbocycles. The van der Waals surface area contributed by atoms with Crippen LogP contribution >= 0.6 is 0 Å². The third kappa shape index (κ3) is 4.50. The van der Waals surface area contributed by atoms with Crippen LogP contribution in [0.5, 0.6) is 0 Å². The van der Waals surface area contributed by atoms with Gasteiger partial charge in [0.25, 0.3) is 0 Å². The van der Waals surface area contributed by atoms with Crippen LogP contribution in [0.15, 0.2) is 22.8 Å². The van der Waals surface area contributed by atoms with E-state index in [0.29, 0.717) is 6.54 Å². The molecule has 1 N–H and O–H groups in total. The smallest absolute Gasteiger partial charge is 0.317 e. The third-order valence-electron chi connectivity index (χ3n) is 2.87. The number of rotatable bonds is 8. The maximum atomic E-state index is 11.0. The van der Waals surface area contributed by atoms with Gasteiger partial charge in [0.1, 0.15) is 5.76 Å². The van der Waals surface area contributed by atoms with Gasteiger partial charge in [-0.25, -0.2) is 0 Å². The van der Waals surface area contributed by atoms with Crippen molar-refractivity contribution in [3.05, 3.63) is 24.2 Å². The molecular formula is C13H22N2O3. The Hall–Kier alpha value is -1.33. The van der Waals surface area contributed by atoms with Crippen molar-refractivity contribution in [3.8, 4) is 0 Å². The molecular weight excluding hydrogens is 232 g/mol. The maximum absolute atomic E-state index is 11.0. The molecule has 0 radical (unpaired) electrons. The van der Waals surface area contributed by atoms with E-state index < -0.39 is 5.97 Å². The van der Waals surface area contributed by atoms with Gasteiger partial charge in [0.15, 0.2) is 0 Å². The summed E-state index contributed by atoms with van der Waals surface area (Å²) in [6, 6.07) is 3.76. The molecule has 0 fully saturated rings. The van der Waals surface area contributed by atoms with Crippen LogP contribution < -0.4 is 0 Å². The molecule has 0 spiro atoms. The molecule has 1 rings (SSSR count). The van der Waals surface area contributed by atoms with Gasteiger partial charge in [-0.3, -0.25) is 9.69 Å². The normalized spacial score (nSPS) is 13.2. The number of nitrogens with zero attached hydrogens (tertiary/aromatic N) is 2. The SMILES string of the molecule is CCC(c1ccco1)N(CCN(C)C)CC(=O)O. The molecule has 1 aromatic heterocycles. The number of aliphatic carboxylic acids is 1. The fraction of sp³-hybridized carbons (Fsp3) is 0.615. The highest BCUT2D eigenvalue weighted by atomic mass is 16.4. The van der Waals surface area contributed by atoms with Crippen LogP contribution in [0.1, 0.15) is 25.1 Å². The van der Waals surface area contributed by atoms with Gasteiger partial charge in [-0.1, -0.05) is 6.92 Å². The fourth-order valence-corrected chi connectivity index (χ4v) is 1.97. The summed E-state index contributed by atoms with van der Waals surface area (Å²) in [5.41, 5.74) is 0. The van der Waals surface area contributed by atoms with E-state index in [0.717, 1.165) is 18.7 Å². The first-order valence-electron chi connectivity index (χ1n) is 6.18. The lowest BCUT2D eigenvalue weighted by atomic mass is 10.1. The lowest BCUT2D eigenvalue weighted by Gasteiger charge is -2.29. The Morgan fingerprint density at radius 3 is 2.61 bits per heavy atom. The second kappa shape index (κ2) is 7.18. The number of furan rings is 1. The van der Waals surface area contributed by atoms with Crippen molar-refractivity contribution in [2.45, 2.75) is 19.4 Å². The average Bonchev–Trinajstić information content (AvgIpc) is 2.79. The van der Waals surface area contributed by atoms with Gasteiger partial charge in [0, 0.05) is 13.1 Å². The summed E-state index contributed by atoms with van der Waals surface area (Å²) in [7, 11) is 3.96. The van der Waals surface area contributed by atoms with E-state index in [1.165, 1.54) is 0 Å². The van der Waals surface area contributed by atoms with E-state index in [2.05, 4.69) is 0 Å². The molecule has 5 heteroatoms. The second-order valence-corrected chi connectivity index (χ2v) is 4.61. The summed E-state index contributed by atoms with van der Waals surface area (Å²) in [5, 5.41) is 9.01. The van der Waals surface area contributed by atoms with Crippen LogP contribution in [-0.4, -0.2) is 54.6 Å². The van der Waals surface area contributed by atoms with Gasteiger partial charge in [0.2, 0.25) is 0 Å². The zero-order chi connectivity index (χ0) is 13.5. The summed E-state index contributed by atoms with van der Waals surface area (Å²) in [4.78, 5) is 14.9.